The number of thiazole rings is 1. The van der Waals surface area contributed by atoms with Gasteiger partial charge in [0.1, 0.15) is 22.3 Å². The number of hydrogen-bond donors (Lipinski definition) is 2. The van der Waals surface area contributed by atoms with Gasteiger partial charge in [0.2, 0.25) is 5.78 Å². The zero-order valence-electron chi connectivity index (χ0n) is 16.2. The number of nitro benzene ring substituents is 1. The Morgan fingerprint density at radius 2 is 1.78 bits per heavy atom. The fraction of sp³-hybridized carbons (Fsp3) is 0.150. The van der Waals surface area contributed by atoms with Crippen molar-refractivity contribution < 1.29 is 23.3 Å². The lowest BCUT2D eigenvalue weighted by Gasteiger charge is -2.39. The van der Waals surface area contributed by atoms with Crippen molar-refractivity contribution >= 4 is 39.7 Å². The Morgan fingerprint density at radius 1 is 1.16 bits per heavy atom. The molecule has 1 aliphatic rings. The normalized spacial score (nSPS) is 13.5. The Labute approximate surface area is 183 Å². The van der Waals surface area contributed by atoms with Crippen molar-refractivity contribution in [2.24, 2.45) is 0 Å². The third kappa shape index (κ3) is 3.99. The largest absolute Gasteiger partial charge is 0.382 e. The van der Waals surface area contributed by atoms with E-state index in [2.05, 4.69) is 10.3 Å². The fourth-order valence-corrected chi connectivity index (χ4v) is 4.11. The minimum atomic E-state index is -0.989. The van der Waals surface area contributed by atoms with Crippen LogP contribution in [0.1, 0.15) is 25.6 Å². The van der Waals surface area contributed by atoms with Gasteiger partial charge in [-0.2, -0.15) is 0 Å². The van der Waals surface area contributed by atoms with E-state index < -0.39 is 27.9 Å². The summed E-state index contributed by atoms with van der Waals surface area (Å²) in [4.78, 5) is 40.7. The average molecular weight is 459 g/mol. The number of nitro groups is 1. The van der Waals surface area contributed by atoms with Gasteiger partial charge < -0.3 is 16.0 Å². The molecule has 164 valence electrons. The van der Waals surface area contributed by atoms with E-state index in [9.17, 15) is 28.5 Å². The highest BCUT2D eigenvalue weighted by atomic mass is 32.1. The standard InChI is InChI=1S/C20H15F2N5O4S/c21-13-2-1-3-14(22)15(13)16(28)17-18(23)25-20(32-17)24-11-8-26(9-11)19(29)10-4-6-12(7-5-10)27(30)31/h1-7,11H,8-9,23H2,(H,24,25). The molecular weight excluding hydrogens is 444 g/mol. The van der Waals surface area contributed by atoms with E-state index in [1.54, 1.807) is 0 Å². The molecule has 32 heavy (non-hydrogen) atoms. The number of nitrogens with zero attached hydrogens (tertiary/aromatic N) is 3. The summed E-state index contributed by atoms with van der Waals surface area (Å²) < 4.78 is 27.8. The Morgan fingerprint density at radius 3 is 2.38 bits per heavy atom. The second-order valence-electron chi connectivity index (χ2n) is 7.01. The number of aromatic nitrogens is 1. The Hall–Kier alpha value is -3.93. The second-order valence-corrected chi connectivity index (χ2v) is 8.01. The van der Waals surface area contributed by atoms with Crippen molar-refractivity contribution in [3.05, 3.63) is 80.2 Å². The number of rotatable bonds is 6. The highest BCUT2D eigenvalue weighted by molar-refractivity contribution is 7.18. The van der Waals surface area contributed by atoms with Gasteiger partial charge in [0, 0.05) is 30.8 Å². The molecule has 0 unspecified atom stereocenters. The third-order valence-corrected chi connectivity index (χ3v) is 5.87. The van der Waals surface area contributed by atoms with Crippen LogP contribution in [0.15, 0.2) is 42.5 Å². The van der Waals surface area contributed by atoms with Gasteiger partial charge in [-0.1, -0.05) is 17.4 Å². The first-order valence-corrected chi connectivity index (χ1v) is 10.1. The number of carbonyl (C=O) groups is 2. The Kier molecular flexibility index (Phi) is 5.53. The molecule has 3 N–H and O–H groups in total. The van der Waals surface area contributed by atoms with E-state index in [4.69, 9.17) is 5.73 Å². The number of carbonyl (C=O) groups excluding carboxylic acids is 2. The molecule has 12 heteroatoms. The van der Waals surface area contributed by atoms with Crippen LogP contribution >= 0.6 is 11.3 Å². The van der Waals surface area contributed by atoms with Crippen LogP contribution in [0, 0.1) is 21.7 Å². The second kappa shape index (κ2) is 8.30. The molecule has 2 heterocycles. The van der Waals surface area contributed by atoms with Gasteiger partial charge in [-0.3, -0.25) is 19.7 Å². The summed E-state index contributed by atoms with van der Waals surface area (Å²) in [7, 11) is 0. The van der Waals surface area contributed by atoms with Crippen LogP contribution in [0.2, 0.25) is 0 Å². The molecule has 0 atom stereocenters. The predicted molar refractivity (Wildman–Crippen MR) is 113 cm³/mol. The monoisotopic (exact) mass is 459 g/mol. The van der Waals surface area contributed by atoms with Crippen molar-refractivity contribution in [2.45, 2.75) is 6.04 Å². The molecule has 0 radical (unpaired) electrons. The number of halogens is 2. The van der Waals surface area contributed by atoms with Gasteiger partial charge >= 0.3 is 0 Å². The first-order chi connectivity index (χ1) is 15.2. The highest BCUT2D eigenvalue weighted by Gasteiger charge is 2.32. The number of anilines is 2. The minimum Gasteiger partial charge on any atom is -0.382 e. The van der Waals surface area contributed by atoms with Crippen molar-refractivity contribution in [1.82, 2.24) is 9.88 Å². The quantitative estimate of drug-likeness (QED) is 0.329. The molecule has 1 aliphatic heterocycles. The van der Waals surface area contributed by atoms with E-state index in [1.807, 2.05) is 0 Å². The van der Waals surface area contributed by atoms with Crippen molar-refractivity contribution in [3.8, 4) is 0 Å². The lowest BCUT2D eigenvalue weighted by Crippen LogP contribution is -2.57. The van der Waals surface area contributed by atoms with Crippen LogP contribution < -0.4 is 11.1 Å². The fourth-order valence-electron chi connectivity index (χ4n) is 3.20. The highest BCUT2D eigenvalue weighted by Crippen LogP contribution is 2.30. The van der Waals surface area contributed by atoms with Gasteiger partial charge in [-0.15, -0.1) is 0 Å². The average Bonchev–Trinajstić information content (AvgIpc) is 3.10. The summed E-state index contributed by atoms with van der Waals surface area (Å²) in [5.41, 5.74) is 5.31. The van der Waals surface area contributed by atoms with E-state index in [-0.39, 0.29) is 33.5 Å². The molecule has 0 bridgehead atoms. The first kappa shape index (κ1) is 21.3. The summed E-state index contributed by atoms with van der Waals surface area (Å²) in [6.45, 7) is 0.668. The first-order valence-electron chi connectivity index (χ1n) is 9.30. The molecule has 2 aromatic carbocycles. The maximum atomic E-state index is 13.9. The number of benzene rings is 2. The zero-order chi connectivity index (χ0) is 23.0. The molecule has 1 saturated heterocycles. The molecule has 1 fully saturated rings. The number of nitrogens with one attached hydrogen (secondary N) is 1. The van der Waals surface area contributed by atoms with Gasteiger partial charge in [-0.25, -0.2) is 13.8 Å². The molecular formula is C20H15F2N5O4S. The number of amides is 1. The van der Waals surface area contributed by atoms with Crippen LogP contribution in [-0.4, -0.2) is 45.6 Å². The van der Waals surface area contributed by atoms with Gasteiger partial charge in [-0.05, 0) is 24.3 Å². The molecule has 9 nitrogen and oxygen atoms in total. The third-order valence-electron chi connectivity index (χ3n) is 4.87. The van der Waals surface area contributed by atoms with Gasteiger partial charge in [0.15, 0.2) is 5.13 Å². The number of ketones is 1. The maximum absolute atomic E-state index is 13.9. The number of non-ortho nitro benzene ring substituents is 1. The van der Waals surface area contributed by atoms with Crippen LogP contribution in [-0.2, 0) is 0 Å². The van der Waals surface area contributed by atoms with E-state index in [1.165, 1.54) is 29.2 Å². The Bertz CT molecular complexity index is 1200. The molecule has 4 rings (SSSR count). The summed E-state index contributed by atoms with van der Waals surface area (Å²) in [5, 5.41) is 14.0. The molecule has 3 aromatic rings. The minimum absolute atomic E-state index is 0.0883. The number of nitrogens with two attached hydrogens (primary N) is 1. The van der Waals surface area contributed by atoms with E-state index in [0.29, 0.717) is 18.7 Å². The number of likely N-dealkylation sites (tertiary alicyclic amines) is 1. The van der Waals surface area contributed by atoms with E-state index in [0.717, 1.165) is 29.5 Å². The van der Waals surface area contributed by atoms with Gasteiger partial charge in [0.25, 0.3) is 11.6 Å². The SMILES string of the molecule is Nc1nc(NC2CN(C(=O)c3ccc([N+](=O)[O-])cc3)C2)sc1C(=O)c1c(F)cccc1F. The smallest absolute Gasteiger partial charge is 0.269 e. The van der Waals surface area contributed by atoms with Gasteiger partial charge in [0.05, 0.1) is 16.5 Å². The lowest BCUT2D eigenvalue weighted by atomic mass is 10.1. The number of nitrogen functional groups attached to an aromatic ring is 1. The van der Waals surface area contributed by atoms with Crippen molar-refractivity contribution in [1.29, 1.82) is 0 Å². The van der Waals surface area contributed by atoms with Crippen LogP contribution in [0.4, 0.5) is 25.4 Å². The lowest BCUT2D eigenvalue weighted by molar-refractivity contribution is -0.384. The molecule has 0 spiro atoms. The maximum Gasteiger partial charge on any atom is 0.269 e. The molecule has 1 aromatic heterocycles. The molecule has 0 aliphatic carbocycles. The summed E-state index contributed by atoms with van der Waals surface area (Å²) in [6.07, 6.45) is 0. The zero-order valence-corrected chi connectivity index (χ0v) is 17.1. The summed E-state index contributed by atoms with van der Waals surface area (Å²) in [5.74, 6) is -3.30. The number of hydrogen-bond acceptors (Lipinski definition) is 8. The van der Waals surface area contributed by atoms with Crippen molar-refractivity contribution in [3.63, 3.8) is 0 Å². The predicted octanol–water partition coefficient (Wildman–Crippen LogP) is 3.08. The molecule has 0 saturated carbocycles. The van der Waals surface area contributed by atoms with Crippen molar-refractivity contribution in [2.75, 3.05) is 24.1 Å². The Balaban J connectivity index is 1.39. The summed E-state index contributed by atoms with van der Waals surface area (Å²) in [6, 6.07) is 8.26. The summed E-state index contributed by atoms with van der Waals surface area (Å²) >= 11 is 0.870. The van der Waals surface area contributed by atoms with Crippen LogP contribution in [0.5, 0.6) is 0 Å². The topological polar surface area (TPSA) is 131 Å². The van der Waals surface area contributed by atoms with E-state index >= 15 is 0 Å². The van der Waals surface area contributed by atoms with Crippen LogP contribution in [0.25, 0.3) is 0 Å². The molecule has 1 amide bonds. The van der Waals surface area contributed by atoms with Crippen LogP contribution in [0.3, 0.4) is 0 Å².